The molecule has 4 N–H and O–H groups in total. The number of primary sulfonamides is 1. The molecule has 5 rings (SSSR count). The number of sulfonamides is 1. The molecule has 2 aliphatic carbocycles. The molecule has 1 aliphatic heterocycles. The van der Waals surface area contributed by atoms with Crippen molar-refractivity contribution >= 4 is 33.3 Å². The first-order valence-electron chi connectivity index (χ1n) is 14.8. The fraction of sp³-hybridized carbons (Fsp3) is 0.531. The Kier molecular flexibility index (Phi) is 8.95. The summed E-state index contributed by atoms with van der Waals surface area (Å²) in [5.41, 5.74) is 3.20. The molecular weight excluding hydrogens is 576 g/mol. The third kappa shape index (κ3) is 6.34. The van der Waals surface area contributed by atoms with E-state index in [2.05, 4.69) is 17.0 Å². The molecule has 6 atom stereocenters. The Morgan fingerprint density at radius 1 is 1.24 bits per heavy atom. The number of halogens is 1. The maximum atomic E-state index is 11.9. The van der Waals surface area contributed by atoms with Gasteiger partial charge in [-0.1, -0.05) is 36.7 Å². The molecule has 1 fully saturated rings. The molecule has 1 heterocycles. The lowest BCUT2D eigenvalue weighted by atomic mass is 9.68. The highest BCUT2D eigenvalue weighted by Crippen LogP contribution is 2.46. The fourth-order valence-electron chi connectivity index (χ4n) is 6.89. The molecule has 2 aromatic carbocycles. The van der Waals surface area contributed by atoms with Crippen LogP contribution in [0.5, 0.6) is 5.75 Å². The van der Waals surface area contributed by atoms with Crippen molar-refractivity contribution < 1.29 is 28.2 Å². The average Bonchev–Trinajstić information content (AvgIpc) is 3.07. The number of aliphatic hydroxyl groups excluding tert-OH is 1. The van der Waals surface area contributed by atoms with Crippen LogP contribution in [-0.2, 0) is 21.9 Å². The van der Waals surface area contributed by atoms with Gasteiger partial charge in [0.15, 0.2) is 0 Å². The van der Waals surface area contributed by atoms with Crippen LogP contribution in [0.15, 0.2) is 48.6 Å². The standard InChI is InChI=1S/C32H41ClN2O6S/c1-20(21(2)42(34,39)40)5-3-7-29(36)26-11-8-24(26)17-35-18-32(14-4-6-22-15-25(33)10-12-27(22)32)19-41-30-13-9-23(31(37)38)16-28(30)35/h3,7,9-10,12-13,15-16,20-21,24,26,29,36H,4-6,8,11,14,17-19H2,1-2H3,(H,37,38)(H2,34,39,40)/b7-3+/t20-,21+,24-,26+,29-,32?/m0/s1. The quantitative estimate of drug-likeness (QED) is 0.332. The van der Waals surface area contributed by atoms with Crippen molar-refractivity contribution in [2.75, 3.05) is 24.6 Å². The molecule has 228 valence electrons. The van der Waals surface area contributed by atoms with Crippen molar-refractivity contribution in [3.8, 4) is 5.75 Å². The number of rotatable bonds is 9. The predicted molar refractivity (Wildman–Crippen MR) is 165 cm³/mol. The van der Waals surface area contributed by atoms with E-state index in [1.807, 2.05) is 19.1 Å². The average molecular weight is 617 g/mol. The van der Waals surface area contributed by atoms with E-state index in [9.17, 15) is 23.4 Å². The first-order valence-corrected chi connectivity index (χ1v) is 16.8. The van der Waals surface area contributed by atoms with Crippen LogP contribution in [0.2, 0.25) is 5.02 Å². The Morgan fingerprint density at radius 2 is 2.02 bits per heavy atom. The van der Waals surface area contributed by atoms with Crippen LogP contribution in [0.1, 0.15) is 67.4 Å². The smallest absolute Gasteiger partial charge is 0.335 e. The zero-order chi connectivity index (χ0) is 30.2. The van der Waals surface area contributed by atoms with Crippen molar-refractivity contribution in [1.82, 2.24) is 0 Å². The van der Waals surface area contributed by atoms with E-state index < -0.39 is 27.3 Å². The number of aryl methyl sites for hydroxylation is 1. The Hall–Kier alpha value is -2.59. The van der Waals surface area contributed by atoms with Crippen molar-refractivity contribution in [2.45, 2.75) is 69.1 Å². The van der Waals surface area contributed by atoms with Gasteiger partial charge in [-0.2, -0.15) is 0 Å². The van der Waals surface area contributed by atoms with E-state index in [-0.39, 0.29) is 28.7 Å². The van der Waals surface area contributed by atoms with Gasteiger partial charge in [0.05, 0.1) is 29.2 Å². The number of carbonyl (C=O) groups is 1. The van der Waals surface area contributed by atoms with Gasteiger partial charge in [-0.15, -0.1) is 0 Å². The highest BCUT2D eigenvalue weighted by Gasteiger charge is 2.44. The minimum Gasteiger partial charge on any atom is -0.490 e. The predicted octanol–water partition coefficient (Wildman–Crippen LogP) is 5.16. The summed E-state index contributed by atoms with van der Waals surface area (Å²) in [5, 5.41) is 26.2. The largest absolute Gasteiger partial charge is 0.490 e. The highest BCUT2D eigenvalue weighted by atomic mass is 35.5. The molecule has 0 aromatic heterocycles. The minimum absolute atomic E-state index is 0.0518. The molecule has 1 unspecified atom stereocenters. The molecule has 8 nitrogen and oxygen atoms in total. The molecule has 0 radical (unpaired) electrons. The molecule has 0 amide bonds. The number of aliphatic hydroxyl groups is 1. The first kappa shape index (κ1) is 30.9. The van der Waals surface area contributed by atoms with Crippen LogP contribution < -0.4 is 14.8 Å². The number of carboxylic acid groups (broad SMARTS) is 1. The van der Waals surface area contributed by atoms with Crippen molar-refractivity contribution in [3.05, 3.63) is 70.3 Å². The van der Waals surface area contributed by atoms with Crippen molar-refractivity contribution in [2.24, 2.45) is 22.9 Å². The summed E-state index contributed by atoms with van der Waals surface area (Å²) in [6, 6.07) is 11.2. The fourth-order valence-corrected chi connectivity index (χ4v) is 7.85. The van der Waals surface area contributed by atoms with Crippen LogP contribution in [0.4, 0.5) is 5.69 Å². The molecule has 3 aliphatic rings. The summed E-state index contributed by atoms with van der Waals surface area (Å²) < 4.78 is 29.8. The molecule has 0 saturated heterocycles. The highest BCUT2D eigenvalue weighted by molar-refractivity contribution is 7.89. The van der Waals surface area contributed by atoms with Gasteiger partial charge in [0.1, 0.15) is 5.75 Å². The number of fused-ring (bicyclic) bond motifs is 3. The Balaban J connectivity index is 1.38. The van der Waals surface area contributed by atoms with Crippen LogP contribution in [0.25, 0.3) is 0 Å². The lowest BCUT2D eigenvalue weighted by Crippen LogP contribution is -2.49. The Bertz CT molecular complexity index is 1460. The second-order valence-corrected chi connectivity index (χ2v) is 14.9. The van der Waals surface area contributed by atoms with E-state index in [0.717, 1.165) is 42.8 Å². The lowest BCUT2D eigenvalue weighted by Gasteiger charge is -2.45. The summed E-state index contributed by atoms with van der Waals surface area (Å²) in [6.45, 7) is 5.28. The number of allylic oxidation sites excluding steroid dienone is 1. The normalized spacial score (nSPS) is 26.0. The first-order chi connectivity index (χ1) is 19.9. The van der Waals surface area contributed by atoms with Gasteiger partial charge in [0, 0.05) is 23.5 Å². The molecule has 10 heteroatoms. The van der Waals surface area contributed by atoms with Gasteiger partial charge in [0.2, 0.25) is 10.0 Å². The van der Waals surface area contributed by atoms with Crippen LogP contribution in [-0.4, -0.2) is 55.7 Å². The van der Waals surface area contributed by atoms with E-state index in [4.69, 9.17) is 21.5 Å². The maximum absolute atomic E-state index is 11.9. The van der Waals surface area contributed by atoms with E-state index in [1.165, 1.54) is 11.1 Å². The third-order valence-electron chi connectivity index (χ3n) is 9.81. The van der Waals surface area contributed by atoms with Crippen LogP contribution in [0, 0.1) is 17.8 Å². The van der Waals surface area contributed by atoms with Gasteiger partial charge in [-0.3, -0.25) is 0 Å². The zero-order valence-electron chi connectivity index (χ0n) is 24.2. The number of aromatic carboxylic acids is 1. The van der Waals surface area contributed by atoms with Gasteiger partial charge in [-0.05, 0) is 105 Å². The second kappa shape index (κ2) is 12.2. The van der Waals surface area contributed by atoms with Gasteiger partial charge in [-0.25, -0.2) is 18.4 Å². The topological polar surface area (TPSA) is 130 Å². The molecule has 1 spiro atoms. The van der Waals surface area contributed by atoms with E-state index in [1.54, 1.807) is 31.2 Å². The summed E-state index contributed by atoms with van der Waals surface area (Å²) in [4.78, 5) is 14.2. The molecule has 0 bridgehead atoms. The third-order valence-corrected chi connectivity index (χ3v) is 11.6. The number of benzene rings is 2. The van der Waals surface area contributed by atoms with Crippen molar-refractivity contribution in [3.63, 3.8) is 0 Å². The molecule has 2 aromatic rings. The number of hydrogen-bond donors (Lipinski definition) is 3. The summed E-state index contributed by atoms with van der Waals surface area (Å²) in [5.74, 6) is -0.220. The number of nitrogens with zero attached hydrogens (tertiary/aromatic N) is 1. The number of nitrogens with two attached hydrogens (primary N) is 1. The number of ether oxygens (including phenoxy) is 1. The molecule has 42 heavy (non-hydrogen) atoms. The summed E-state index contributed by atoms with van der Waals surface area (Å²) in [6.07, 6.45) is 8.27. The monoisotopic (exact) mass is 616 g/mol. The Labute approximate surface area is 253 Å². The SMILES string of the molecule is C[C@H]([C@@H](C)C/C=C/[C@H](O)[C@@H]1CC[C@H]1CN1CC2(CCCc3cc(Cl)ccc32)COc2ccc(C(=O)O)cc21)S(N)(=O)=O. The maximum Gasteiger partial charge on any atom is 0.335 e. The molecule has 1 saturated carbocycles. The number of hydrogen-bond acceptors (Lipinski definition) is 6. The summed E-state index contributed by atoms with van der Waals surface area (Å²) in [7, 11) is -3.61. The number of carboxylic acids is 1. The van der Waals surface area contributed by atoms with E-state index in [0.29, 0.717) is 31.9 Å². The number of anilines is 1. The minimum atomic E-state index is -3.61. The van der Waals surface area contributed by atoms with Gasteiger partial charge >= 0.3 is 5.97 Å². The van der Waals surface area contributed by atoms with E-state index >= 15 is 0 Å². The Morgan fingerprint density at radius 3 is 2.71 bits per heavy atom. The second-order valence-electron chi connectivity index (χ2n) is 12.5. The lowest BCUT2D eigenvalue weighted by molar-refractivity contribution is 0.0456. The van der Waals surface area contributed by atoms with Crippen molar-refractivity contribution in [1.29, 1.82) is 0 Å². The zero-order valence-corrected chi connectivity index (χ0v) is 25.8. The van der Waals surface area contributed by atoms with Crippen LogP contribution >= 0.6 is 11.6 Å². The molecular formula is C32H41ClN2O6S. The van der Waals surface area contributed by atoms with Gasteiger partial charge < -0.3 is 19.8 Å². The van der Waals surface area contributed by atoms with Gasteiger partial charge in [0.25, 0.3) is 0 Å². The summed E-state index contributed by atoms with van der Waals surface area (Å²) >= 11 is 6.36. The van der Waals surface area contributed by atoms with Crippen LogP contribution in [0.3, 0.4) is 0 Å².